The second-order valence-electron chi connectivity index (χ2n) is 5.02. The first-order chi connectivity index (χ1) is 11.6. The molecule has 0 aliphatic rings. The van der Waals surface area contributed by atoms with Crippen molar-refractivity contribution in [1.82, 2.24) is 25.5 Å². The molecule has 1 aromatic heterocycles. The second kappa shape index (κ2) is 7.18. The SMILES string of the molecule is O=C(Cn1nnc(-c2ccc(Cl)cc2)n1)NCc1ccccc1F. The summed E-state index contributed by atoms with van der Waals surface area (Å²) in [5.41, 5.74) is 1.16. The Bertz CT molecular complexity index is 850. The van der Waals surface area contributed by atoms with Crippen LogP contribution in [0.5, 0.6) is 0 Å². The van der Waals surface area contributed by atoms with Crippen LogP contribution in [0.3, 0.4) is 0 Å². The average Bonchev–Trinajstić information content (AvgIpc) is 3.03. The van der Waals surface area contributed by atoms with E-state index in [0.29, 0.717) is 16.4 Å². The number of nitrogens with one attached hydrogen (secondary N) is 1. The molecule has 0 unspecified atom stereocenters. The minimum Gasteiger partial charge on any atom is -0.350 e. The summed E-state index contributed by atoms with van der Waals surface area (Å²) in [6, 6.07) is 13.2. The highest BCUT2D eigenvalue weighted by Crippen LogP contribution is 2.16. The third kappa shape index (κ3) is 3.94. The van der Waals surface area contributed by atoms with Crippen molar-refractivity contribution in [2.75, 3.05) is 0 Å². The van der Waals surface area contributed by atoms with Gasteiger partial charge in [-0.05, 0) is 35.5 Å². The van der Waals surface area contributed by atoms with Crippen molar-refractivity contribution in [3.05, 3.63) is 64.9 Å². The van der Waals surface area contributed by atoms with E-state index in [2.05, 4.69) is 20.7 Å². The number of carbonyl (C=O) groups is 1. The van der Waals surface area contributed by atoms with E-state index in [1.807, 2.05) is 0 Å². The molecule has 0 spiro atoms. The quantitative estimate of drug-likeness (QED) is 0.771. The third-order valence-corrected chi connectivity index (χ3v) is 3.53. The molecule has 0 radical (unpaired) electrons. The van der Waals surface area contributed by atoms with Crippen molar-refractivity contribution >= 4 is 17.5 Å². The monoisotopic (exact) mass is 345 g/mol. The lowest BCUT2D eigenvalue weighted by atomic mass is 10.2. The molecule has 122 valence electrons. The van der Waals surface area contributed by atoms with E-state index in [1.165, 1.54) is 10.9 Å². The van der Waals surface area contributed by atoms with E-state index >= 15 is 0 Å². The summed E-state index contributed by atoms with van der Waals surface area (Å²) >= 11 is 5.83. The molecule has 0 atom stereocenters. The van der Waals surface area contributed by atoms with Crippen molar-refractivity contribution in [3.63, 3.8) is 0 Å². The number of nitrogens with zero attached hydrogens (tertiary/aromatic N) is 4. The van der Waals surface area contributed by atoms with Gasteiger partial charge in [0.1, 0.15) is 12.4 Å². The van der Waals surface area contributed by atoms with E-state index < -0.39 is 0 Å². The smallest absolute Gasteiger partial charge is 0.243 e. The van der Waals surface area contributed by atoms with Crippen LogP contribution in [0.1, 0.15) is 5.56 Å². The average molecular weight is 346 g/mol. The number of halogens is 2. The highest BCUT2D eigenvalue weighted by molar-refractivity contribution is 6.30. The zero-order valence-corrected chi connectivity index (χ0v) is 13.2. The largest absolute Gasteiger partial charge is 0.350 e. The van der Waals surface area contributed by atoms with Crippen molar-refractivity contribution in [2.24, 2.45) is 0 Å². The molecule has 3 rings (SSSR count). The van der Waals surface area contributed by atoms with Crippen molar-refractivity contribution < 1.29 is 9.18 Å². The van der Waals surface area contributed by atoms with E-state index in [4.69, 9.17) is 11.6 Å². The number of hydrogen-bond donors (Lipinski definition) is 1. The van der Waals surface area contributed by atoms with Crippen LogP contribution in [0.2, 0.25) is 5.02 Å². The molecule has 0 fully saturated rings. The normalized spacial score (nSPS) is 10.6. The van der Waals surface area contributed by atoms with Crippen molar-refractivity contribution in [2.45, 2.75) is 13.1 Å². The lowest BCUT2D eigenvalue weighted by molar-refractivity contribution is -0.122. The van der Waals surface area contributed by atoms with Gasteiger partial charge in [0.05, 0.1) is 0 Å². The van der Waals surface area contributed by atoms with Crippen molar-refractivity contribution in [3.8, 4) is 11.4 Å². The van der Waals surface area contributed by atoms with Gasteiger partial charge in [0, 0.05) is 22.7 Å². The Morgan fingerprint density at radius 2 is 1.92 bits per heavy atom. The Morgan fingerprint density at radius 1 is 1.17 bits per heavy atom. The molecule has 0 aliphatic heterocycles. The molecular weight excluding hydrogens is 333 g/mol. The molecule has 24 heavy (non-hydrogen) atoms. The fourth-order valence-electron chi connectivity index (χ4n) is 2.04. The first kappa shape index (κ1) is 16.1. The molecule has 0 saturated carbocycles. The second-order valence-corrected chi connectivity index (χ2v) is 5.45. The molecule has 0 bridgehead atoms. The maximum atomic E-state index is 13.5. The maximum Gasteiger partial charge on any atom is 0.243 e. The van der Waals surface area contributed by atoms with E-state index in [0.717, 1.165) is 5.56 Å². The Morgan fingerprint density at radius 3 is 2.67 bits per heavy atom. The Hall–Kier alpha value is -2.80. The van der Waals surface area contributed by atoms with Crippen LogP contribution < -0.4 is 5.32 Å². The van der Waals surface area contributed by atoms with Gasteiger partial charge in [0.15, 0.2) is 0 Å². The van der Waals surface area contributed by atoms with E-state index in [1.54, 1.807) is 42.5 Å². The van der Waals surface area contributed by atoms with Crippen molar-refractivity contribution in [1.29, 1.82) is 0 Å². The summed E-state index contributed by atoms with van der Waals surface area (Å²) in [6.45, 7) is -0.000707. The predicted octanol–water partition coefficient (Wildman–Crippen LogP) is 2.45. The van der Waals surface area contributed by atoms with Crippen LogP contribution in [0.15, 0.2) is 48.5 Å². The van der Waals surface area contributed by atoms with Crippen LogP contribution in [0, 0.1) is 5.82 Å². The molecule has 1 N–H and O–H groups in total. The number of carbonyl (C=O) groups excluding carboxylic acids is 1. The minimum atomic E-state index is -0.360. The van der Waals surface area contributed by atoms with E-state index in [9.17, 15) is 9.18 Å². The summed E-state index contributed by atoms with van der Waals surface area (Å²) in [6.07, 6.45) is 0. The van der Waals surface area contributed by atoms with Crippen LogP contribution in [-0.2, 0) is 17.9 Å². The number of rotatable bonds is 5. The third-order valence-electron chi connectivity index (χ3n) is 3.27. The topological polar surface area (TPSA) is 72.7 Å². The molecule has 3 aromatic rings. The fraction of sp³-hybridized carbons (Fsp3) is 0.125. The van der Waals surface area contributed by atoms with Gasteiger partial charge in [0.25, 0.3) is 0 Å². The van der Waals surface area contributed by atoms with Gasteiger partial charge in [-0.1, -0.05) is 29.8 Å². The van der Waals surface area contributed by atoms with Gasteiger partial charge in [0.2, 0.25) is 11.7 Å². The van der Waals surface area contributed by atoms with Gasteiger partial charge in [-0.3, -0.25) is 4.79 Å². The van der Waals surface area contributed by atoms with Gasteiger partial charge in [-0.25, -0.2) is 4.39 Å². The van der Waals surface area contributed by atoms with Crippen LogP contribution in [0.25, 0.3) is 11.4 Å². The molecular formula is C16H13ClFN5O. The van der Waals surface area contributed by atoms with Gasteiger partial charge < -0.3 is 5.32 Å². The summed E-state index contributed by atoms with van der Waals surface area (Å²) in [5.74, 6) is -0.298. The first-order valence-electron chi connectivity index (χ1n) is 7.15. The zero-order chi connectivity index (χ0) is 16.9. The standard InChI is InChI=1S/C16H13ClFN5O/c17-13-7-5-11(6-8-13)16-20-22-23(21-16)10-15(24)19-9-12-3-1-2-4-14(12)18/h1-8H,9-10H2,(H,19,24). The first-order valence-corrected chi connectivity index (χ1v) is 7.53. The number of amides is 1. The van der Waals surface area contributed by atoms with Crippen LogP contribution >= 0.6 is 11.6 Å². The summed E-state index contributed by atoms with van der Waals surface area (Å²) < 4.78 is 13.5. The number of hydrogen-bond acceptors (Lipinski definition) is 4. The lowest BCUT2D eigenvalue weighted by Crippen LogP contribution is -2.28. The number of benzene rings is 2. The Labute approximate surface area is 142 Å². The predicted molar refractivity (Wildman–Crippen MR) is 86.5 cm³/mol. The molecule has 6 nitrogen and oxygen atoms in total. The zero-order valence-electron chi connectivity index (χ0n) is 12.5. The van der Waals surface area contributed by atoms with E-state index in [-0.39, 0.29) is 24.8 Å². The van der Waals surface area contributed by atoms with Gasteiger partial charge in [-0.2, -0.15) is 4.80 Å². The maximum absolute atomic E-state index is 13.5. The molecule has 0 aliphatic carbocycles. The summed E-state index contributed by atoms with van der Waals surface area (Å²) in [7, 11) is 0. The number of tetrazole rings is 1. The highest BCUT2D eigenvalue weighted by atomic mass is 35.5. The highest BCUT2D eigenvalue weighted by Gasteiger charge is 2.10. The van der Waals surface area contributed by atoms with Gasteiger partial charge >= 0.3 is 0 Å². The molecule has 8 heteroatoms. The number of aromatic nitrogens is 4. The summed E-state index contributed by atoms with van der Waals surface area (Å²) in [5, 5.41) is 15.1. The Kier molecular flexibility index (Phi) is 4.81. The molecule has 2 aromatic carbocycles. The van der Waals surface area contributed by atoms with Crippen LogP contribution in [-0.4, -0.2) is 26.1 Å². The van der Waals surface area contributed by atoms with Crippen LogP contribution in [0.4, 0.5) is 4.39 Å². The molecule has 1 amide bonds. The summed E-state index contributed by atoms with van der Waals surface area (Å²) in [4.78, 5) is 13.1. The van der Waals surface area contributed by atoms with Gasteiger partial charge in [-0.15, -0.1) is 10.2 Å². The molecule has 0 saturated heterocycles. The minimum absolute atomic E-state index is 0.101. The lowest BCUT2D eigenvalue weighted by Gasteiger charge is -2.05. The fourth-order valence-corrected chi connectivity index (χ4v) is 2.17. The Balaban J connectivity index is 1.59. The molecule has 1 heterocycles.